The van der Waals surface area contributed by atoms with Gasteiger partial charge in [-0.1, -0.05) is 29.8 Å². The van der Waals surface area contributed by atoms with E-state index in [-0.39, 0.29) is 18.2 Å². The highest BCUT2D eigenvalue weighted by Gasteiger charge is 2.42. The molecule has 5 nitrogen and oxygen atoms in total. The average molecular weight is 517 g/mol. The number of ether oxygens (including phenoxy) is 1. The minimum atomic E-state index is -0.120. The first-order chi connectivity index (χ1) is 17.3. The van der Waals surface area contributed by atoms with E-state index in [1.165, 1.54) is 0 Å². The van der Waals surface area contributed by atoms with Gasteiger partial charge in [0.1, 0.15) is 5.75 Å². The number of halogens is 1. The van der Waals surface area contributed by atoms with Crippen LogP contribution in [0.15, 0.2) is 79.0 Å². The van der Waals surface area contributed by atoms with E-state index in [9.17, 15) is 0 Å². The minimum absolute atomic E-state index is 0.105. The van der Waals surface area contributed by atoms with Gasteiger partial charge in [0.2, 0.25) is 0 Å². The summed E-state index contributed by atoms with van der Waals surface area (Å²) in [6, 6.07) is 24.0. The summed E-state index contributed by atoms with van der Waals surface area (Å²) < 4.78 is 8.08. The first-order valence-electron chi connectivity index (χ1n) is 12.1. The van der Waals surface area contributed by atoms with Gasteiger partial charge in [-0.15, -0.1) is 0 Å². The molecule has 184 valence electrons. The van der Waals surface area contributed by atoms with E-state index in [2.05, 4.69) is 51.8 Å². The second kappa shape index (κ2) is 9.96. The van der Waals surface area contributed by atoms with Crippen LogP contribution < -0.4 is 15.0 Å². The van der Waals surface area contributed by atoms with Crippen molar-refractivity contribution in [2.75, 3.05) is 4.90 Å². The zero-order chi connectivity index (χ0) is 25.4. The van der Waals surface area contributed by atoms with Crippen molar-refractivity contribution in [3.8, 4) is 11.4 Å². The summed E-state index contributed by atoms with van der Waals surface area (Å²) in [4.78, 5) is 6.87. The van der Waals surface area contributed by atoms with E-state index < -0.39 is 0 Å². The first kappa shape index (κ1) is 24.3. The lowest BCUT2D eigenvalue weighted by molar-refractivity contribution is 0.242. The summed E-state index contributed by atoms with van der Waals surface area (Å²) in [5, 5.41) is 4.93. The smallest absolute Gasteiger partial charge is 0.174 e. The molecule has 2 atom stereocenters. The Morgan fingerprint density at radius 1 is 1.00 bits per heavy atom. The van der Waals surface area contributed by atoms with E-state index >= 15 is 0 Å². The van der Waals surface area contributed by atoms with Gasteiger partial charge in [-0.25, -0.2) is 0 Å². The second-order valence-corrected chi connectivity index (χ2v) is 10.1. The molecule has 0 bridgehead atoms. The molecule has 0 amide bonds. The van der Waals surface area contributed by atoms with Gasteiger partial charge in [-0.2, -0.15) is 0 Å². The molecule has 4 aromatic rings. The highest BCUT2D eigenvalue weighted by Crippen LogP contribution is 2.44. The van der Waals surface area contributed by atoms with Crippen molar-refractivity contribution in [2.45, 2.75) is 45.9 Å². The number of aromatic nitrogens is 2. The lowest BCUT2D eigenvalue weighted by atomic mass is 9.96. The second-order valence-electron chi connectivity index (χ2n) is 9.27. The molecule has 2 aromatic heterocycles. The number of para-hydroxylation sites is 1. The van der Waals surface area contributed by atoms with Crippen LogP contribution in [0.25, 0.3) is 5.69 Å². The third kappa shape index (κ3) is 4.47. The Kier molecular flexibility index (Phi) is 6.73. The molecule has 0 spiro atoms. The number of nitrogens with zero attached hydrogens (tertiary/aromatic N) is 3. The van der Waals surface area contributed by atoms with E-state index in [0.29, 0.717) is 10.1 Å². The number of aryl methyl sites for hydroxylation is 1. The molecule has 0 radical (unpaired) electrons. The highest BCUT2D eigenvalue weighted by atomic mass is 35.5. The Morgan fingerprint density at radius 2 is 1.72 bits per heavy atom. The predicted octanol–water partition coefficient (Wildman–Crippen LogP) is 7.11. The summed E-state index contributed by atoms with van der Waals surface area (Å²) in [6.07, 6.45) is 1.94. The predicted molar refractivity (Wildman–Crippen MR) is 150 cm³/mol. The van der Waals surface area contributed by atoms with E-state index in [4.69, 9.17) is 28.6 Å². The molecule has 1 fully saturated rings. The van der Waals surface area contributed by atoms with Crippen LogP contribution in [0.4, 0.5) is 5.69 Å². The Hall–Kier alpha value is -3.35. The molecule has 1 aliphatic rings. The minimum Gasteiger partial charge on any atom is -0.491 e. The van der Waals surface area contributed by atoms with Crippen molar-refractivity contribution >= 4 is 34.6 Å². The fraction of sp³-hybridized carbons (Fsp3) is 0.241. The maximum absolute atomic E-state index is 6.61. The molecule has 3 heterocycles. The standard InChI is InChI=1S/C29H29ClN4OS/c1-18(2)35-22-14-12-21(13-15-22)34-28(27(32-29(34)36)25-10-7-8-16-31-25)23-17-19(3)33(20(23)4)26-11-6-5-9-24(26)30/h5-18,27-28H,1-4H3,(H,32,36)/t27-,28+/m1/s1. The van der Waals surface area contributed by atoms with Crippen molar-refractivity contribution in [3.63, 3.8) is 0 Å². The van der Waals surface area contributed by atoms with Crippen molar-refractivity contribution in [1.29, 1.82) is 0 Å². The monoisotopic (exact) mass is 516 g/mol. The van der Waals surface area contributed by atoms with Crippen LogP contribution in [0.2, 0.25) is 5.02 Å². The maximum Gasteiger partial charge on any atom is 0.174 e. The van der Waals surface area contributed by atoms with Gasteiger partial charge in [0.05, 0.1) is 34.6 Å². The fourth-order valence-corrected chi connectivity index (χ4v) is 5.56. The Bertz CT molecular complexity index is 1380. The van der Waals surface area contributed by atoms with Gasteiger partial charge in [-0.05, 0) is 100 Å². The Balaban J connectivity index is 1.64. The van der Waals surface area contributed by atoms with Crippen LogP contribution in [0.1, 0.15) is 48.6 Å². The van der Waals surface area contributed by atoms with Crippen LogP contribution in [0, 0.1) is 13.8 Å². The van der Waals surface area contributed by atoms with Gasteiger partial charge in [0.15, 0.2) is 5.11 Å². The first-order valence-corrected chi connectivity index (χ1v) is 12.8. The number of rotatable bonds is 6. The molecular weight excluding hydrogens is 488 g/mol. The van der Waals surface area contributed by atoms with Crippen molar-refractivity contribution in [2.24, 2.45) is 0 Å². The average Bonchev–Trinajstić information content (AvgIpc) is 3.35. The molecule has 36 heavy (non-hydrogen) atoms. The Morgan fingerprint density at radius 3 is 2.39 bits per heavy atom. The summed E-state index contributed by atoms with van der Waals surface area (Å²) in [7, 11) is 0. The van der Waals surface area contributed by atoms with Gasteiger partial charge >= 0.3 is 0 Å². The van der Waals surface area contributed by atoms with Crippen LogP contribution in [0.3, 0.4) is 0 Å². The molecule has 1 aliphatic heterocycles. The number of hydrogen-bond donors (Lipinski definition) is 1. The van der Waals surface area contributed by atoms with Crippen molar-refractivity contribution in [3.05, 3.63) is 107 Å². The van der Waals surface area contributed by atoms with Crippen LogP contribution >= 0.6 is 23.8 Å². The van der Waals surface area contributed by atoms with Crippen molar-refractivity contribution in [1.82, 2.24) is 14.9 Å². The SMILES string of the molecule is Cc1cc([C@H]2[C@@H](c3ccccn3)NC(=S)N2c2ccc(OC(C)C)cc2)c(C)n1-c1ccccc1Cl. The van der Waals surface area contributed by atoms with Gasteiger partial charge in [-0.3, -0.25) is 4.98 Å². The van der Waals surface area contributed by atoms with Gasteiger partial charge < -0.3 is 19.5 Å². The highest BCUT2D eigenvalue weighted by molar-refractivity contribution is 7.80. The number of hydrogen-bond acceptors (Lipinski definition) is 3. The lowest BCUT2D eigenvalue weighted by Crippen LogP contribution is -2.29. The van der Waals surface area contributed by atoms with E-state index in [1.54, 1.807) is 0 Å². The molecule has 0 aliphatic carbocycles. The number of nitrogens with one attached hydrogen (secondary N) is 1. The normalized spacial score (nSPS) is 17.5. The zero-order valence-electron chi connectivity index (χ0n) is 20.8. The van der Waals surface area contributed by atoms with Crippen LogP contribution in [0.5, 0.6) is 5.75 Å². The topological polar surface area (TPSA) is 42.3 Å². The summed E-state index contributed by atoms with van der Waals surface area (Å²) in [5.74, 6) is 0.835. The number of anilines is 1. The third-order valence-corrected chi connectivity index (χ3v) is 7.10. The summed E-state index contributed by atoms with van der Waals surface area (Å²) >= 11 is 12.5. The van der Waals surface area contributed by atoms with Crippen LogP contribution in [-0.2, 0) is 0 Å². The molecule has 7 heteroatoms. The molecule has 0 unspecified atom stereocenters. The molecule has 5 rings (SSSR count). The maximum atomic E-state index is 6.61. The quantitative estimate of drug-likeness (QED) is 0.277. The molecule has 1 N–H and O–H groups in total. The van der Waals surface area contributed by atoms with Crippen LogP contribution in [-0.4, -0.2) is 20.8 Å². The lowest BCUT2D eigenvalue weighted by Gasteiger charge is -2.28. The third-order valence-electron chi connectivity index (χ3n) is 6.47. The number of benzene rings is 2. The molecule has 2 aromatic carbocycles. The van der Waals surface area contributed by atoms with Gasteiger partial charge in [0.25, 0.3) is 0 Å². The van der Waals surface area contributed by atoms with Crippen molar-refractivity contribution < 1.29 is 4.74 Å². The number of pyridine rings is 1. The van der Waals surface area contributed by atoms with Gasteiger partial charge in [0, 0.05) is 23.3 Å². The fourth-order valence-electron chi connectivity index (χ4n) is 5.00. The van der Waals surface area contributed by atoms with E-state index in [1.807, 2.05) is 74.6 Å². The van der Waals surface area contributed by atoms with E-state index in [0.717, 1.165) is 39.8 Å². The zero-order valence-corrected chi connectivity index (χ0v) is 22.3. The molecule has 1 saturated heterocycles. The molecular formula is C29H29ClN4OS. The Labute approximate surface area is 222 Å². The molecule has 0 saturated carbocycles. The summed E-state index contributed by atoms with van der Waals surface area (Å²) in [6.45, 7) is 8.30. The summed E-state index contributed by atoms with van der Waals surface area (Å²) in [5.41, 5.74) is 6.28. The number of thiocarbonyl (C=S) groups is 1. The largest absolute Gasteiger partial charge is 0.491 e.